The number of rotatable bonds is 5. The Bertz CT molecular complexity index is 263. The van der Waals surface area contributed by atoms with E-state index in [1.165, 1.54) is 6.92 Å². The van der Waals surface area contributed by atoms with Crippen LogP contribution in [-0.2, 0) is 14.6 Å². The fourth-order valence-corrected chi connectivity index (χ4v) is 1.85. The second-order valence-corrected chi connectivity index (χ2v) is 5.75. The van der Waals surface area contributed by atoms with E-state index in [1.54, 1.807) is 0 Å². The van der Waals surface area contributed by atoms with Gasteiger partial charge < -0.3 is 0 Å². The normalized spacial score (nSPS) is 14.5. The third kappa shape index (κ3) is 3.46. The monoisotopic (exact) mass is 206 g/mol. The lowest BCUT2D eigenvalue weighted by Crippen LogP contribution is -2.31. The van der Waals surface area contributed by atoms with Gasteiger partial charge in [0.05, 0.1) is 0 Å². The Labute approximate surface area is 80.4 Å². The zero-order chi connectivity index (χ0) is 10.6. The van der Waals surface area contributed by atoms with Crippen molar-refractivity contribution in [1.29, 1.82) is 0 Å². The number of sulfone groups is 1. The van der Waals surface area contributed by atoms with Gasteiger partial charge in [0.25, 0.3) is 0 Å². The van der Waals surface area contributed by atoms with Crippen molar-refractivity contribution in [2.45, 2.75) is 38.9 Å². The van der Waals surface area contributed by atoms with Gasteiger partial charge in [-0.1, -0.05) is 13.8 Å². The molecule has 1 atom stereocenters. The lowest BCUT2D eigenvalue weighted by atomic mass is 9.96. The van der Waals surface area contributed by atoms with Crippen molar-refractivity contribution in [3.8, 4) is 0 Å². The molecule has 1 unspecified atom stereocenters. The largest absolute Gasteiger partial charge is 0.298 e. The highest BCUT2D eigenvalue weighted by Gasteiger charge is 2.27. The predicted molar refractivity (Wildman–Crippen MR) is 53.4 cm³/mol. The summed E-state index contributed by atoms with van der Waals surface area (Å²) in [5, 5.41) is -0.850. The SMILES string of the molecule is CCC(CC)C(=O)C(C)S(C)(=O)=O. The minimum atomic E-state index is -3.22. The summed E-state index contributed by atoms with van der Waals surface area (Å²) in [7, 11) is -3.22. The number of carbonyl (C=O) groups excluding carboxylic acids is 1. The topological polar surface area (TPSA) is 51.2 Å². The summed E-state index contributed by atoms with van der Waals surface area (Å²) in [5.74, 6) is -0.253. The lowest BCUT2D eigenvalue weighted by Gasteiger charge is -2.15. The maximum atomic E-state index is 11.6. The molecular formula is C9H18O3S. The summed E-state index contributed by atoms with van der Waals surface area (Å²) in [6, 6.07) is 0. The first-order valence-electron chi connectivity index (χ1n) is 4.57. The molecule has 0 rings (SSSR count). The standard InChI is InChI=1S/C9H18O3S/c1-5-8(6-2)9(10)7(3)13(4,11)12/h7-8H,5-6H2,1-4H3. The van der Waals surface area contributed by atoms with Crippen LogP contribution in [0, 0.1) is 5.92 Å². The summed E-state index contributed by atoms with van der Waals surface area (Å²) < 4.78 is 22.2. The van der Waals surface area contributed by atoms with E-state index in [0.717, 1.165) is 19.1 Å². The molecule has 0 N–H and O–H groups in total. The predicted octanol–water partition coefficient (Wildman–Crippen LogP) is 1.42. The Hall–Kier alpha value is -0.380. The molecule has 0 saturated carbocycles. The fraction of sp³-hybridized carbons (Fsp3) is 0.889. The van der Waals surface area contributed by atoms with Crippen molar-refractivity contribution in [2.75, 3.05) is 6.26 Å². The molecule has 0 saturated heterocycles. The van der Waals surface area contributed by atoms with Crippen LogP contribution in [0.25, 0.3) is 0 Å². The van der Waals surface area contributed by atoms with Crippen molar-refractivity contribution in [2.24, 2.45) is 5.92 Å². The van der Waals surface area contributed by atoms with E-state index in [-0.39, 0.29) is 11.7 Å². The Morgan fingerprint density at radius 3 is 1.85 bits per heavy atom. The highest BCUT2D eigenvalue weighted by atomic mass is 32.2. The molecule has 0 aliphatic heterocycles. The summed E-state index contributed by atoms with van der Waals surface area (Å²) in [6.07, 6.45) is 2.54. The van der Waals surface area contributed by atoms with Crippen LogP contribution in [-0.4, -0.2) is 25.7 Å². The molecule has 0 aromatic carbocycles. The lowest BCUT2D eigenvalue weighted by molar-refractivity contribution is -0.122. The number of carbonyl (C=O) groups is 1. The second kappa shape index (κ2) is 4.74. The van der Waals surface area contributed by atoms with Gasteiger partial charge in [0, 0.05) is 12.2 Å². The van der Waals surface area contributed by atoms with Crippen LogP contribution in [0.15, 0.2) is 0 Å². The number of hydrogen-bond donors (Lipinski definition) is 0. The first kappa shape index (κ1) is 12.6. The van der Waals surface area contributed by atoms with Crippen molar-refractivity contribution < 1.29 is 13.2 Å². The Morgan fingerprint density at radius 1 is 1.23 bits per heavy atom. The van der Waals surface area contributed by atoms with Crippen LogP contribution in [0.2, 0.25) is 0 Å². The first-order chi connectivity index (χ1) is 5.84. The molecule has 0 aliphatic carbocycles. The maximum absolute atomic E-state index is 11.6. The van der Waals surface area contributed by atoms with Gasteiger partial charge in [-0.3, -0.25) is 4.79 Å². The molecule has 0 aromatic heterocycles. The minimum absolute atomic E-state index is 0.107. The van der Waals surface area contributed by atoms with E-state index < -0.39 is 15.1 Å². The number of Topliss-reactive ketones (excluding diaryl/α,β-unsaturated/α-hetero) is 1. The Balaban J connectivity index is 4.60. The van der Waals surface area contributed by atoms with Crippen molar-refractivity contribution in [3.05, 3.63) is 0 Å². The molecular weight excluding hydrogens is 188 g/mol. The average Bonchev–Trinajstić information content (AvgIpc) is 2.03. The molecule has 4 heteroatoms. The third-order valence-corrected chi connectivity index (χ3v) is 3.95. The van der Waals surface area contributed by atoms with Crippen molar-refractivity contribution in [1.82, 2.24) is 0 Å². The zero-order valence-corrected chi connectivity index (χ0v) is 9.52. The Morgan fingerprint density at radius 2 is 1.62 bits per heavy atom. The minimum Gasteiger partial charge on any atom is -0.298 e. The number of ketones is 1. The maximum Gasteiger partial charge on any atom is 0.157 e. The molecule has 0 aromatic rings. The van der Waals surface area contributed by atoms with Crippen LogP contribution in [0.5, 0.6) is 0 Å². The quantitative estimate of drug-likeness (QED) is 0.683. The van der Waals surface area contributed by atoms with Crippen LogP contribution >= 0.6 is 0 Å². The first-order valence-corrected chi connectivity index (χ1v) is 6.52. The summed E-state index contributed by atoms with van der Waals surface area (Å²) in [5.41, 5.74) is 0. The second-order valence-electron chi connectivity index (χ2n) is 3.39. The van der Waals surface area contributed by atoms with E-state index in [9.17, 15) is 13.2 Å². The van der Waals surface area contributed by atoms with Gasteiger partial charge >= 0.3 is 0 Å². The average molecular weight is 206 g/mol. The van der Waals surface area contributed by atoms with Crippen molar-refractivity contribution in [3.63, 3.8) is 0 Å². The Kier molecular flexibility index (Phi) is 4.61. The van der Waals surface area contributed by atoms with E-state index >= 15 is 0 Å². The van der Waals surface area contributed by atoms with E-state index in [1.807, 2.05) is 13.8 Å². The molecule has 0 fully saturated rings. The molecule has 0 spiro atoms. The van der Waals surface area contributed by atoms with Gasteiger partial charge in [0.15, 0.2) is 15.6 Å². The van der Waals surface area contributed by atoms with Gasteiger partial charge in [-0.15, -0.1) is 0 Å². The van der Waals surface area contributed by atoms with E-state index in [0.29, 0.717) is 0 Å². The fourth-order valence-electron chi connectivity index (χ4n) is 1.23. The zero-order valence-electron chi connectivity index (χ0n) is 8.70. The van der Waals surface area contributed by atoms with Gasteiger partial charge in [0.1, 0.15) is 5.25 Å². The number of hydrogen-bond acceptors (Lipinski definition) is 3. The van der Waals surface area contributed by atoms with Gasteiger partial charge in [0.2, 0.25) is 0 Å². The molecule has 0 aliphatic rings. The summed E-state index contributed by atoms with van der Waals surface area (Å²) >= 11 is 0. The summed E-state index contributed by atoms with van der Waals surface area (Å²) in [6.45, 7) is 5.28. The third-order valence-electron chi connectivity index (χ3n) is 2.43. The highest BCUT2D eigenvalue weighted by Crippen LogP contribution is 2.14. The molecule has 0 heterocycles. The highest BCUT2D eigenvalue weighted by molar-refractivity contribution is 7.92. The molecule has 13 heavy (non-hydrogen) atoms. The van der Waals surface area contributed by atoms with Gasteiger partial charge in [-0.05, 0) is 19.8 Å². The van der Waals surface area contributed by atoms with Crippen LogP contribution in [0.1, 0.15) is 33.6 Å². The summed E-state index contributed by atoms with van der Waals surface area (Å²) in [4.78, 5) is 11.6. The van der Waals surface area contributed by atoms with Gasteiger partial charge in [-0.2, -0.15) is 0 Å². The molecule has 0 amide bonds. The van der Waals surface area contributed by atoms with Crippen LogP contribution in [0.4, 0.5) is 0 Å². The van der Waals surface area contributed by atoms with E-state index in [4.69, 9.17) is 0 Å². The van der Waals surface area contributed by atoms with Crippen LogP contribution < -0.4 is 0 Å². The molecule has 3 nitrogen and oxygen atoms in total. The van der Waals surface area contributed by atoms with Gasteiger partial charge in [-0.25, -0.2) is 8.42 Å². The van der Waals surface area contributed by atoms with E-state index in [2.05, 4.69) is 0 Å². The van der Waals surface area contributed by atoms with Crippen LogP contribution in [0.3, 0.4) is 0 Å². The molecule has 0 radical (unpaired) electrons. The molecule has 78 valence electrons. The molecule has 0 bridgehead atoms. The smallest absolute Gasteiger partial charge is 0.157 e. The van der Waals surface area contributed by atoms with Crippen molar-refractivity contribution >= 4 is 15.6 Å².